The number of nitrogens with two attached hydrogens (primary N) is 1. The fourth-order valence-corrected chi connectivity index (χ4v) is 3.00. The summed E-state index contributed by atoms with van der Waals surface area (Å²) in [5.74, 6) is -0.284. The highest BCUT2D eigenvalue weighted by atomic mass is 16.1. The summed E-state index contributed by atoms with van der Waals surface area (Å²) in [6.45, 7) is 6.48. The van der Waals surface area contributed by atoms with Crippen LogP contribution in [0.5, 0.6) is 0 Å². The average molecular weight is 260 g/mol. The summed E-state index contributed by atoms with van der Waals surface area (Å²) in [5, 5.41) is 3.51. The minimum Gasteiger partial charge on any atom is -0.369 e. The molecule has 0 aliphatic heterocycles. The first-order valence-corrected chi connectivity index (χ1v) is 7.17. The Kier molecular flexibility index (Phi) is 4.25. The molecule has 3 nitrogen and oxygen atoms in total. The Bertz CT molecular complexity index is 468. The molecule has 0 saturated heterocycles. The zero-order chi connectivity index (χ0) is 14.0. The van der Waals surface area contributed by atoms with E-state index in [1.165, 1.54) is 11.1 Å². The third kappa shape index (κ3) is 3.16. The predicted octanol–water partition coefficient (Wildman–Crippen LogP) is 2.65. The van der Waals surface area contributed by atoms with E-state index in [1.807, 2.05) is 0 Å². The van der Waals surface area contributed by atoms with E-state index in [0.29, 0.717) is 12.1 Å². The molecule has 0 saturated carbocycles. The number of carbonyl (C=O) groups excluding carboxylic acids is 1. The van der Waals surface area contributed by atoms with Gasteiger partial charge in [0.2, 0.25) is 5.91 Å². The van der Waals surface area contributed by atoms with Gasteiger partial charge >= 0.3 is 0 Å². The minimum absolute atomic E-state index is 0.0915. The van der Waals surface area contributed by atoms with Crippen molar-refractivity contribution in [3.63, 3.8) is 0 Å². The maximum Gasteiger partial charge on any atom is 0.224 e. The molecule has 0 bridgehead atoms. The van der Waals surface area contributed by atoms with Crippen molar-refractivity contribution in [1.29, 1.82) is 0 Å². The normalized spacial score (nSPS) is 20.1. The van der Waals surface area contributed by atoms with Gasteiger partial charge in [0.25, 0.3) is 0 Å². The van der Waals surface area contributed by atoms with Crippen molar-refractivity contribution in [2.75, 3.05) is 0 Å². The lowest BCUT2D eigenvalue weighted by molar-refractivity contribution is -0.119. The van der Waals surface area contributed by atoms with Gasteiger partial charge in [0, 0.05) is 12.1 Å². The van der Waals surface area contributed by atoms with Crippen LogP contribution in [0, 0.1) is 0 Å². The number of fused-ring (bicyclic) bond motifs is 1. The maximum atomic E-state index is 11.5. The Morgan fingerprint density at radius 2 is 2.11 bits per heavy atom. The highest BCUT2D eigenvalue weighted by Gasteiger charge is 2.25. The molecule has 104 valence electrons. The number of carbonyl (C=O) groups is 1. The van der Waals surface area contributed by atoms with Crippen LogP contribution >= 0.6 is 0 Å². The third-order valence-electron chi connectivity index (χ3n) is 3.91. The van der Waals surface area contributed by atoms with Gasteiger partial charge in [0.15, 0.2) is 0 Å². The topological polar surface area (TPSA) is 55.1 Å². The number of primary amides is 1. The van der Waals surface area contributed by atoms with Crippen LogP contribution in [-0.2, 0) is 11.2 Å². The Morgan fingerprint density at radius 3 is 2.74 bits per heavy atom. The van der Waals surface area contributed by atoms with Crippen LogP contribution < -0.4 is 11.1 Å². The summed E-state index contributed by atoms with van der Waals surface area (Å²) in [5.41, 5.74) is 9.22. The average Bonchev–Trinajstić information content (AvgIpc) is 2.36. The van der Waals surface area contributed by atoms with Gasteiger partial charge in [-0.2, -0.15) is 0 Å². The van der Waals surface area contributed by atoms with Crippen molar-refractivity contribution < 1.29 is 4.79 Å². The summed E-state index contributed by atoms with van der Waals surface area (Å²) in [6, 6.07) is 7.26. The number of hydrogen-bond acceptors (Lipinski definition) is 2. The van der Waals surface area contributed by atoms with Crippen molar-refractivity contribution in [2.24, 2.45) is 5.73 Å². The largest absolute Gasteiger partial charge is 0.369 e. The van der Waals surface area contributed by atoms with Gasteiger partial charge in [-0.05, 0) is 42.9 Å². The Balaban J connectivity index is 2.26. The zero-order valence-electron chi connectivity index (χ0n) is 12.1. The molecule has 0 aromatic heterocycles. The molecular weight excluding hydrogens is 236 g/mol. The van der Waals surface area contributed by atoms with Crippen molar-refractivity contribution >= 4 is 5.91 Å². The molecule has 0 fully saturated rings. The first-order chi connectivity index (χ1) is 8.99. The van der Waals surface area contributed by atoms with Gasteiger partial charge in [0.05, 0.1) is 5.92 Å². The fourth-order valence-electron chi connectivity index (χ4n) is 3.00. The Hall–Kier alpha value is -1.35. The minimum atomic E-state index is -0.193. The molecule has 1 aromatic rings. The molecule has 0 radical (unpaired) electrons. The SMILES string of the molecule is CC(C)NC(C)c1ccc2c(c1)CCCC2C(N)=O. The molecule has 1 aromatic carbocycles. The number of benzene rings is 1. The van der Waals surface area contributed by atoms with E-state index >= 15 is 0 Å². The van der Waals surface area contributed by atoms with Crippen molar-refractivity contribution in [2.45, 2.75) is 58.0 Å². The van der Waals surface area contributed by atoms with Gasteiger partial charge in [-0.1, -0.05) is 32.0 Å². The van der Waals surface area contributed by atoms with Crippen molar-refractivity contribution in [1.82, 2.24) is 5.32 Å². The molecule has 0 heterocycles. The molecule has 1 aliphatic rings. The van der Waals surface area contributed by atoms with E-state index in [-0.39, 0.29) is 11.8 Å². The number of amides is 1. The van der Waals surface area contributed by atoms with Crippen LogP contribution in [0.2, 0.25) is 0 Å². The molecule has 19 heavy (non-hydrogen) atoms. The smallest absolute Gasteiger partial charge is 0.224 e. The van der Waals surface area contributed by atoms with E-state index in [2.05, 4.69) is 44.3 Å². The first-order valence-electron chi connectivity index (χ1n) is 7.17. The van der Waals surface area contributed by atoms with E-state index in [4.69, 9.17) is 5.73 Å². The van der Waals surface area contributed by atoms with Crippen molar-refractivity contribution in [3.05, 3.63) is 34.9 Å². The molecule has 2 atom stereocenters. The molecule has 2 unspecified atom stereocenters. The van der Waals surface area contributed by atoms with Crippen LogP contribution in [0.3, 0.4) is 0 Å². The molecule has 2 rings (SSSR count). The Labute approximate surface area is 115 Å². The van der Waals surface area contributed by atoms with Gasteiger partial charge in [-0.25, -0.2) is 0 Å². The monoisotopic (exact) mass is 260 g/mol. The number of nitrogens with one attached hydrogen (secondary N) is 1. The molecule has 3 N–H and O–H groups in total. The van der Waals surface area contributed by atoms with E-state index < -0.39 is 0 Å². The number of hydrogen-bond donors (Lipinski definition) is 2. The standard InChI is InChI=1S/C16H24N2O/c1-10(2)18-11(3)12-7-8-14-13(9-12)5-4-6-15(14)16(17)19/h7-11,15,18H,4-6H2,1-3H3,(H2,17,19). The molecular formula is C16H24N2O. The molecule has 1 amide bonds. The second kappa shape index (κ2) is 5.74. The summed E-state index contributed by atoms with van der Waals surface area (Å²) >= 11 is 0. The molecule has 1 aliphatic carbocycles. The third-order valence-corrected chi connectivity index (χ3v) is 3.91. The summed E-state index contributed by atoms with van der Waals surface area (Å²) in [6.07, 6.45) is 3.00. The second-order valence-electron chi connectivity index (χ2n) is 5.85. The van der Waals surface area contributed by atoms with Gasteiger partial charge < -0.3 is 11.1 Å². The summed E-state index contributed by atoms with van der Waals surface area (Å²) in [7, 11) is 0. The van der Waals surface area contributed by atoms with Crippen LogP contribution in [0.25, 0.3) is 0 Å². The van der Waals surface area contributed by atoms with Crippen molar-refractivity contribution in [3.8, 4) is 0 Å². The van der Waals surface area contributed by atoms with Gasteiger partial charge in [0.1, 0.15) is 0 Å². The number of rotatable bonds is 4. The predicted molar refractivity (Wildman–Crippen MR) is 78.0 cm³/mol. The van der Waals surface area contributed by atoms with Crippen LogP contribution in [-0.4, -0.2) is 11.9 Å². The van der Waals surface area contributed by atoms with Crippen LogP contribution in [0.1, 0.15) is 62.3 Å². The van der Waals surface area contributed by atoms with Crippen LogP contribution in [0.4, 0.5) is 0 Å². The second-order valence-corrected chi connectivity index (χ2v) is 5.85. The fraction of sp³-hybridized carbons (Fsp3) is 0.562. The maximum absolute atomic E-state index is 11.5. The highest BCUT2D eigenvalue weighted by Crippen LogP contribution is 2.33. The first kappa shape index (κ1) is 14.1. The van der Waals surface area contributed by atoms with E-state index in [0.717, 1.165) is 24.8 Å². The van der Waals surface area contributed by atoms with Crippen LogP contribution in [0.15, 0.2) is 18.2 Å². The Morgan fingerprint density at radius 1 is 1.37 bits per heavy atom. The van der Waals surface area contributed by atoms with E-state index in [9.17, 15) is 4.79 Å². The highest BCUT2D eigenvalue weighted by molar-refractivity contribution is 5.82. The lowest BCUT2D eigenvalue weighted by atomic mass is 9.81. The number of aryl methyl sites for hydroxylation is 1. The van der Waals surface area contributed by atoms with Gasteiger partial charge in [-0.3, -0.25) is 4.79 Å². The molecule has 0 spiro atoms. The van der Waals surface area contributed by atoms with Gasteiger partial charge in [-0.15, -0.1) is 0 Å². The summed E-state index contributed by atoms with van der Waals surface area (Å²) in [4.78, 5) is 11.5. The lowest BCUT2D eigenvalue weighted by Gasteiger charge is -2.25. The molecule has 3 heteroatoms. The zero-order valence-corrected chi connectivity index (χ0v) is 12.1. The summed E-state index contributed by atoms with van der Waals surface area (Å²) < 4.78 is 0. The van der Waals surface area contributed by atoms with E-state index in [1.54, 1.807) is 0 Å². The lowest BCUT2D eigenvalue weighted by Crippen LogP contribution is -2.27. The quantitative estimate of drug-likeness (QED) is 0.874.